The van der Waals surface area contributed by atoms with Crippen LogP contribution < -0.4 is 5.32 Å². The minimum atomic E-state index is 0.721. The molecule has 4 heteroatoms. The summed E-state index contributed by atoms with van der Waals surface area (Å²) in [4.78, 5) is 4.13. The first-order valence-corrected chi connectivity index (χ1v) is 4.87. The molecule has 1 N–H and O–H groups in total. The van der Waals surface area contributed by atoms with E-state index in [-0.39, 0.29) is 0 Å². The van der Waals surface area contributed by atoms with Gasteiger partial charge < -0.3 is 9.84 Å². The molecule has 1 heterocycles. The standard InChI is InChI=1S/C9H15N3O/c1-7-11-9(13-12-7)5-6-10-8-3-2-4-8/h8,10H,2-6H2,1H3. The van der Waals surface area contributed by atoms with Crippen LogP contribution in [-0.4, -0.2) is 22.7 Å². The van der Waals surface area contributed by atoms with E-state index in [4.69, 9.17) is 4.52 Å². The van der Waals surface area contributed by atoms with Crippen molar-refractivity contribution in [3.8, 4) is 0 Å². The van der Waals surface area contributed by atoms with Crippen LogP contribution in [0.1, 0.15) is 31.0 Å². The summed E-state index contributed by atoms with van der Waals surface area (Å²) in [5.74, 6) is 1.46. The van der Waals surface area contributed by atoms with E-state index in [1.165, 1.54) is 19.3 Å². The second-order valence-corrected chi connectivity index (χ2v) is 3.57. The summed E-state index contributed by atoms with van der Waals surface area (Å²) < 4.78 is 5.00. The third-order valence-electron chi connectivity index (χ3n) is 2.45. The third kappa shape index (κ3) is 2.28. The van der Waals surface area contributed by atoms with Gasteiger partial charge >= 0.3 is 0 Å². The van der Waals surface area contributed by atoms with E-state index in [0.717, 1.165) is 30.7 Å². The molecule has 13 heavy (non-hydrogen) atoms. The summed E-state index contributed by atoms with van der Waals surface area (Å²) in [5.41, 5.74) is 0. The zero-order valence-corrected chi connectivity index (χ0v) is 7.92. The summed E-state index contributed by atoms with van der Waals surface area (Å²) in [6.07, 6.45) is 4.86. The normalized spacial score (nSPS) is 17.3. The molecule has 1 aliphatic rings. The smallest absolute Gasteiger partial charge is 0.227 e. The number of hydrogen-bond donors (Lipinski definition) is 1. The fourth-order valence-corrected chi connectivity index (χ4v) is 1.44. The van der Waals surface area contributed by atoms with Gasteiger partial charge in [0.2, 0.25) is 5.89 Å². The Labute approximate surface area is 77.7 Å². The molecule has 0 unspecified atom stereocenters. The molecule has 2 rings (SSSR count). The lowest BCUT2D eigenvalue weighted by atomic mass is 9.93. The topological polar surface area (TPSA) is 51.0 Å². The molecule has 4 nitrogen and oxygen atoms in total. The highest BCUT2D eigenvalue weighted by atomic mass is 16.5. The van der Waals surface area contributed by atoms with Gasteiger partial charge in [-0.15, -0.1) is 0 Å². The second kappa shape index (κ2) is 3.87. The van der Waals surface area contributed by atoms with E-state index in [1.54, 1.807) is 0 Å². The van der Waals surface area contributed by atoms with Crippen molar-refractivity contribution in [2.24, 2.45) is 0 Å². The first-order valence-electron chi connectivity index (χ1n) is 4.87. The lowest BCUT2D eigenvalue weighted by Crippen LogP contribution is -2.36. The monoisotopic (exact) mass is 181 g/mol. The number of nitrogens with one attached hydrogen (secondary N) is 1. The predicted octanol–water partition coefficient (Wildman–Crippen LogP) is 1.06. The van der Waals surface area contributed by atoms with Gasteiger partial charge in [-0.2, -0.15) is 4.98 Å². The fraction of sp³-hybridized carbons (Fsp3) is 0.778. The van der Waals surface area contributed by atoms with Gasteiger partial charge in [-0.05, 0) is 19.8 Å². The van der Waals surface area contributed by atoms with E-state index in [0.29, 0.717) is 0 Å². The first-order chi connectivity index (χ1) is 6.34. The molecule has 0 aliphatic heterocycles. The van der Waals surface area contributed by atoms with Gasteiger partial charge in [-0.25, -0.2) is 0 Å². The van der Waals surface area contributed by atoms with Crippen molar-refractivity contribution in [2.75, 3.05) is 6.54 Å². The maximum atomic E-state index is 5.00. The zero-order valence-electron chi connectivity index (χ0n) is 7.92. The second-order valence-electron chi connectivity index (χ2n) is 3.57. The molecule has 72 valence electrons. The molecular weight excluding hydrogens is 166 g/mol. The molecule has 0 amide bonds. The van der Waals surface area contributed by atoms with Crippen LogP contribution in [0.4, 0.5) is 0 Å². The zero-order chi connectivity index (χ0) is 9.10. The average Bonchev–Trinajstić information content (AvgIpc) is 2.42. The maximum Gasteiger partial charge on any atom is 0.227 e. The summed E-state index contributed by atoms with van der Waals surface area (Å²) in [6, 6.07) is 0.740. The fourth-order valence-electron chi connectivity index (χ4n) is 1.44. The molecular formula is C9H15N3O. The predicted molar refractivity (Wildman–Crippen MR) is 48.4 cm³/mol. The van der Waals surface area contributed by atoms with Crippen molar-refractivity contribution in [3.05, 3.63) is 11.7 Å². The highest BCUT2D eigenvalue weighted by Gasteiger charge is 2.16. The van der Waals surface area contributed by atoms with Gasteiger partial charge in [-0.3, -0.25) is 0 Å². The number of aryl methyl sites for hydroxylation is 1. The Morgan fingerprint density at radius 2 is 2.38 bits per heavy atom. The lowest BCUT2D eigenvalue weighted by molar-refractivity contribution is 0.327. The van der Waals surface area contributed by atoms with Gasteiger partial charge in [0, 0.05) is 19.0 Å². The van der Waals surface area contributed by atoms with Crippen molar-refractivity contribution in [2.45, 2.75) is 38.6 Å². The molecule has 1 aromatic heterocycles. The first kappa shape index (κ1) is 8.69. The van der Waals surface area contributed by atoms with E-state index in [9.17, 15) is 0 Å². The van der Waals surface area contributed by atoms with Gasteiger partial charge in [-0.1, -0.05) is 11.6 Å². The van der Waals surface area contributed by atoms with Crippen LogP contribution in [-0.2, 0) is 6.42 Å². The van der Waals surface area contributed by atoms with Crippen molar-refractivity contribution >= 4 is 0 Å². The van der Waals surface area contributed by atoms with Crippen LogP contribution in [0, 0.1) is 6.92 Å². The van der Waals surface area contributed by atoms with Crippen LogP contribution in [0.5, 0.6) is 0 Å². The SMILES string of the molecule is Cc1noc(CCNC2CCC2)n1. The van der Waals surface area contributed by atoms with Crippen LogP contribution in [0.3, 0.4) is 0 Å². The summed E-state index contributed by atoms with van der Waals surface area (Å²) >= 11 is 0. The molecule has 0 radical (unpaired) electrons. The van der Waals surface area contributed by atoms with Crippen molar-refractivity contribution in [1.29, 1.82) is 0 Å². The maximum absolute atomic E-state index is 5.00. The van der Waals surface area contributed by atoms with E-state index in [2.05, 4.69) is 15.5 Å². The summed E-state index contributed by atoms with van der Waals surface area (Å²) in [7, 11) is 0. The summed E-state index contributed by atoms with van der Waals surface area (Å²) in [6.45, 7) is 2.79. The number of rotatable bonds is 4. The van der Waals surface area contributed by atoms with Crippen LogP contribution >= 0.6 is 0 Å². The van der Waals surface area contributed by atoms with E-state index < -0.39 is 0 Å². The highest BCUT2D eigenvalue weighted by Crippen LogP contribution is 2.17. The molecule has 1 saturated carbocycles. The van der Waals surface area contributed by atoms with Crippen molar-refractivity contribution in [3.63, 3.8) is 0 Å². The third-order valence-corrected chi connectivity index (χ3v) is 2.45. The minimum Gasteiger partial charge on any atom is -0.339 e. The van der Waals surface area contributed by atoms with Gasteiger partial charge in [0.25, 0.3) is 0 Å². The van der Waals surface area contributed by atoms with E-state index in [1.807, 2.05) is 6.92 Å². The van der Waals surface area contributed by atoms with Gasteiger partial charge in [0.15, 0.2) is 5.82 Å². The molecule has 0 aromatic carbocycles. The van der Waals surface area contributed by atoms with Gasteiger partial charge in [0.05, 0.1) is 0 Å². The molecule has 1 aliphatic carbocycles. The Balaban J connectivity index is 1.67. The Hall–Kier alpha value is -0.900. The van der Waals surface area contributed by atoms with Gasteiger partial charge in [0.1, 0.15) is 0 Å². The Bertz CT molecular complexity index is 268. The van der Waals surface area contributed by atoms with Crippen molar-refractivity contribution < 1.29 is 4.52 Å². The molecule has 1 aromatic rings. The molecule has 0 bridgehead atoms. The average molecular weight is 181 g/mol. The van der Waals surface area contributed by atoms with Crippen molar-refractivity contribution in [1.82, 2.24) is 15.5 Å². The van der Waals surface area contributed by atoms with Crippen LogP contribution in [0.2, 0.25) is 0 Å². The highest BCUT2D eigenvalue weighted by molar-refractivity contribution is 4.84. The minimum absolute atomic E-state index is 0.721. The van der Waals surface area contributed by atoms with Crippen LogP contribution in [0.15, 0.2) is 4.52 Å². The Morgan fingerprint density at radius 3 is 2.92 bits per heavy atom. The largest absolute Gasteiger partial charge is 0.339 e. The summed E-state index contributed by atoms with van der Waals surface area (Å²) in [5, 5.41) is 7.18. The molecule has 0 saturated heterocycles. The number of aromatic nitrogens is 2. The lowest BCUT2D eigenvalue weighted by Gasteiger charge is -2.26. The quantitative estimate of drug-likeness (QED) is 0.754. The number of nitrogens with zero attached hydrogens (tertiary/aromatic N) is 2. The number of hydrogen-bond acceptors (Lipinski definition) is 4. The Morgan fingerprint density at radius 1 is 1.54 bits per heavy atom. The van der Waals surface area contributed by atoms with E-state index >= 15 is 0 Å². The molecule has 1 fully saturated rings. The molecule has 0 atom stereocenters. The Kier molecular flexibility index (Phi) is 2.59. The molecule has 0 spiro atoms. The van der Waals surface area contributed by atoms with Crippen LogP contribution in [0.25, 0.3) is 0 Å².